The number of hydrogen-bond acceptors (Lipinski definition) is 4. The molecular weight excluding hydrogens is 255 g/mol. The van der Waals surface area contributed by atoms with Gasteiger partial charge in [0.25, 0.3) is 16.3 Å². The van der Waals surface area contributed by atoms with Gasteiger partial charge in [0.1, 0.15) is 5.75 Å². The van der Waals surface area contributed by atoms with E-state index in [0.717, 1.165) is 42.0 Å². The third-order valence-corrected chi connectivity index (χ3v) is 4.54. The average molecular weight is 272 g/mol. The van der Waals surface area contributed by atoms with Gasteiger partial charge in [-0.3, -0.25) is 0 Å². The first kappa shape index (κ1) is 14.1. The number of aliphatic hydroxyl groups is 1. The van der Waals surface area contributed by atoms with Crippen molar-refractivity contribution in [2.24, 2.45) is 10.9 Å². The predicted octanol–water partition coefficient (Wildman–Crippen LogP) is 1.46. The molecule has 5 heteroatoms. The monoisotopic (exact) mass is 272 g/mol. The Bertz CT molecular complexity index is 484. The van der Waals surface area contributed by atoms with Crippen molar-refractivity contribution < 1.29 is 9.84 Å². The second-order valence-electron chi connectivity index (χ2n) is 5.24. The molecule has 0 radical (unpaired) electrons. The molecule has 1 N–H and O–H groups in total. The quantitative estimate of drug-likeness (QED) is 0.383. The van der Waals surface area contributed by atoms with Crippen molar-refractivity contribution in [1.29, 1.82) is 5.26 Å². The molecule has 0 saturated heterocycles. The lowest BCUT2D eigenvalue weighted by Gasteiger charge is -2.33. The first-order valence-electron chi connectivity index (χ1n) is 6.53. The minimum atomic E-state index is -0.457. The Morgan fingerprint density at radius 3 is 2.58 bits per heavy atom. The highest BCUT2D eigenvalue weighted by atomic mass is 27.0. The lowest BCUT2D eigenvalue weighted by atomic mass is 9.86. The normalized spacial score (nSPS) is 27.6. The molecule has 2 rings (SSSR count). The summed E-state index contributed by atoms with van der Waals surface area (Å²) in [5.41, 5.74) is 0. The molecular formula is C14H17AlN2O2. The summed E-state index contributed by atoms with van der Waals surface area (Å²) in [6.45, 7) is 0. The Labute approximate surface area is 121 Å². The van der Waals surface area contributed by atoms with Gasteiger partial charge in [-0.05, 0) is 37.8 Å². The summed E-state index contributed by atoms with van der Waals surface area (Å²) in [6.07, 6.45) is 5.01. The van der Waals surface area contributed by atoms with Crippen molar-refractivity contribution >= 4 is 22.2 Å². The number of hydrogen-bond donors (Lipinski definition) is 1. The topological polar surface area (TPSA) is 65.6 Å². The second-order valence-corrected chi connectivity index (χ2v) is 7.10. The SMILES string of the molecule is N#CN=C(Oc1ccccc1)C1CC[C](O)([AlH2])CC1. The molecule has 1 aliphatic rings. The highest BCUT2D eigenvalue weighted by Gasteiger charge is 2.31. The summed E-state index contributed by atoms with van der Waals surface area (Å²) in [6, 6.07) is 9.38. The average Bonchev–Trinajstić information content (AvgIpc) is 2.39. The van der Waals surface area contributed by atoms with Crippen molar-refractivity contribution in [3.05, 3.63) is 30.3 Å². The van der Waals surface area contributed by atoms with Gasteiger partial charge in [0.15, 0.2) is 0 Å². The number of benzene rings is 1. The zero-order valence-electron chi connectivity index (χ0n) is 11.0. The zero-order valence-corrected chi connectivity index (χ0v) is 13.0. The minimum absolute atomic E-state index is 0.133. The van der Waals surface area contributed by atoms with E-state index in [9.17, 15) is 5.11 Å². The van der Waals surface area contributed by atoms with Crippen LogP contribution in [0.3, 0.4) is 0 Å². The van der Waals surface area contributed by atoms with Crippen LogP contribution in [0.2, 0.25) is 0 Å². The Morgan fingerprint density at radius 1 is 1.37 bits per heavy atom. The second kappa shape index (κ2) is 6.21. The number of nitriles is 1. The van der Waals surface area contributed by atoms with Crippen LogP contribution in [0.4, 0.5) is 0 Å². The van der Waals surface area contributed by atoms with Crippen LogP contribution < -0.4 is 4.74 Å². The molecule has 1 aliphatic carbocycles. The van der Waals surface area contributed by atoms with E-state index in [2.05, 4.69) is 4.99 Å². The first-order chi connectivity index (χ1) is 9.11. The number of rotatable bonds is 2. The number of para-hydroxylation sites is 1. The van der Waals surface area contributed by atoms with E-state index in [-0.39, 0.29) is 5.92 Å². The molecule has 1 aromatic carbocycles. The third-order valence-electron chi connectivity index (χ3n) is 3.54. The van der Waals surface area contributed by atoms with Gasteiger partial charge in [-0.1, -0.05) is 18.2 Å². The Morgan fingerprint density at radius 2 is 2.00 bits per heavy atom. The van der Waals surface area contributed by atoms with Crippen LogP contribution in [0.1, 0.15) is 25.7 Å². The van der Waals surface area contributed by atoms with Crippen molar-refractivity contribution in [3.8, 4) is 11.9 Å². The van der Waals surface area contributed by atoms with Crippen molar-refractivity contribution in [3.63, 3.8) is 0 Å². The predicted molar refractivity (Wildman–Crippen MR) is 75.6 cm³/mol. The van der Waals surface area contributed by atoms with Crippen LogP contribution in [0.25, 0.3) is 0 Å². The highest BCUT2D eigenvalue weighted by molar-refractivity contribution is 6.14. The molecule has 1 saturated carbocycles. The number of nitrogens with zero attached hydrogens (tertiary/aromatic N) is 2. The van der Waals surface area contributed by atoms with Crippen LogP contribution in [0, 0.1) is 17.4 Å². The first-order valence-corrected chi connectivity index (χ1v) is 7.53. The standard InChI is InChI=1S/C14H15N2O2.Al.2H/c15-10-16-14(11-6-8-12(17)9-7-11)18-13-4-2-1-3-5-13;;;/h1-5,11,17H,6-9H2;;;. The molecule has 0 aliphatic heterocycles. The van der Waals surface area contributed by atoms with Crippen molar-refractivity contribution in [2.75, 3.05) is 0 Å². The van der Waals surface area contributed by atoms with Crippen LogP contribution in [-0.2, 0) is 0 Å². The fraction of sp³-hybridized carbons (Fsp3) is 0.429. The van der Waals surface area contributed by atoms with E-state index in [4.69, 9.17) is 10.00 Å². The summed E-state index contributed by atoms with van der Waals surface area (Å²) in [5, 5.41) is 18.8. The highest BCUT2D eigenvalue weighted by Crippen LogP contribution is 2.31. The summed E-state index contributed by atoms with van der Waals surface area (Å²) < 4.78 is 5.26. The van der Waals surface area contributed by atoms with Crippen LogP contribution >= 0.6 is 0 Å². The number of ether oxygens (including phenoxy) is 1. The lowest BCUT2D eigenvalue weighted by molar-refractivity contribution is 0.0755. The van der Waals surface area contributed by atoms with Crippen molar-refractivity contribution in [2.45, 2.75) is 30.1 Å². The van der Waals surface area contributed by atoms with E-state index in [1.807, 2.05) is 36.5 Å². The van der Waals surface area contributed by atoms with Gasteiger partial charge in [-0.25, -0.2) is 0 Å². The minimum Gasteiger partial charge on any atom is -0.442 e. The Kier molecular flexibility index (Phi) is 4.61. The molecule has 1 aromatic rings. The maximum absolute atomic E-state index is 10.0. The van der Waals surface area contributed by atoms with Gasteiger partial charge in [-0.15, -0.1) is 4.99 Å². The van der Waals surface area contributed by atoms with Gasteiger partial charge < -0.3 is 9.84 Å². The van der Waals surface area contributed by atoms with Gasteiger partial charge in [0.05, 0.1) is 0 Å². The Hall–Kier alpha value is -1.33. The molecule has 0 amide bonds. The van der Waals surface area contributed by atoms with E-state index in [1.54, 1.807) is 0 Å². The Balaban J connectivity index is 2.06. The van der Waals surface area contributed by atoms with Gasteiger partial charge in [0, 0.05) is 10.4 Å². The zero-order chi connectivity index (χ0) is 13.7. The van der Waals surface area contributed by atoms with E-state index in [1.165, 1.54) is 0 Å². The summed E-state index contributed by atoms with van der Waals surface area (Å²) >= 11 is 0.787. The molecule has 1 fully saturated rings. The van der Waals surface area contributed by atoms with E-state index in [0.29, 0.717) is 11.6 Å². The molecule has 19 heavy (non-hydrogen) atoms. The van der Waals surface area contributed by atoms with E-state index < -0.39 is 4.46 Å². The molecule has 98 valence electrons. The maximum Gasteiger partial charge on any atom is 0.263 e. The van der Waals surface area contributed by atoms with E-state index >= 15 is 0 Å². The molecule has 0 aromatic heterocycles. The summed E-state index contributed by atoms with van der Waals surface area (Å²) in [7, 11) is 0. The molecule has 0 atom stereocenters. The largest absolute Gasteiger partial charge is 0.442 e. The summed E-state index contributed by atoms with van der Waals surface area (Å²) in [5.74, 6) is 1.31. The maximum atomic E-state index is 10.0. The van der Waals surface area contributed by atoms with Gasteiger partial charge >= 0.3 is 0 Å². The molecule has 0 bridgehead atoms. The number of aliphatic imine (C=N–C) groups is 1. The molecule has 0 unspecified atom stereocenters. The third kappa shape index (κ3) is 4.08. The van der Waals surface area contributed by atoms with Gasteiger partial charge in [-0.2, -0.15) is 5.26 Å². The fourth-order valence-corrected chi connectivity index (χ4v) is 2.92. The molecule has 4 nitrogen and oxygen atoms in total. The van der Waals surface area contributed by atoms with Crippen molar-refractivity contribution in [1.82, 2.24) is 0 Å². The lowest BCUT2D eigenvalue weighted by Crippen LogP contribution is -2.37. The molecule has 0 heterocycles. The van der Waals surface area contributed by atoms with Gasteiger partial charge in [0.2, 0.25) is 12.1 Å². The smallest absolute Gasteiger partial charge is 0.263 e. The molecule has 0 spiro atoms. The fourth-order valence-electron chi connectivity index (χ4n) is 2.34. The summed E-state index contributed by atoms with van der Waals surface area (Å²) in [4.78, 5) is 3.82. The van der Waals surface area contributed by atoms with Crippen LogP contribution in [0.15, 0.2) is 35.3 Å². The van der Waals surface area contributed by atoms with Crippen LogP contribution in [-0.4, -0.2) is 31.8 Å². The van der Waals surface area contributed by atoms with Crippen LogP contribution in [0.5, 0.6) is 5.75 Å².